The molecular weight excluding hydrogens is 308 g/mol. The second-order valence-corrected chi connectivity index (χ2v) is 7.01. The van der Waals surface area contributed by atoms with Crippen molar-refractivity contribution in [2.24, 2.45) is 0 Å². The number of nitrogens with one attached hydrogen (secondary N) is 1. The molecule has 0 atom stereocenters. The van der Waals surface area contributed by atoms with E-state index in [9.17, 15) is 4.79 Å². The topological polar surface area (TPSA) is 53.9 Å². The number of benzene rings is 1. The van der Waals surface area contributed by atoms with Gasteiger partial charge in [-0.1, -0.05) is 48.5 Å². The molecule has 1 fully saturated rings. The van der Waals surface area contributed by atoms with Gasteiger partial charge in [0.25, 0.3) is 0 Å². The number of aromatic amines is 1. The largest absolute Gasteiger partial charge is 0.343 e. The third-order valence-electron chi connectivity index (χ3n) is 4.28. The van der Waals surface area contributed by atoms with Gasteiger partial charge in [0.15, 0.2) is 5.16 Å². The van der Waals surface area contributed by atoms with E-state index in [-0.39, 0.29) is 5.69 Å². The first-order valence-electron chi connectivity index (χ1n) is 8.37. The van der Waals surface area contributed by atoms with Gasteiger partial charge in [0.1, 0.15) is 0 Å². The summed E-state index contributed by atoms with van der Waals surface area (Å²) in [5.41, 5.74) is 1.13. The summed E-state index contributed by atoms with van der Waals surface area (Å²) in [6.45, 7) is 4.17. The molecule has 1 N–H and O–H groups in total. The van der Waals surface area contributed by atoms with Gasteiger partial charge in [0.2, 0.25) is 0 Å². The lowest BCUT2D eigenvalue weighted by Crippen LogP contribution is -2.31. The van der Waals surface area contributed by atoms with E-state index >= 15 is 0 Å². The Morgan fingerprint density at radius 2 is 1.87 bits per heavy atom. The fourth-order valence-corrected chi connectivity index (χ4v) is 3.92. The highest BCUT2D eigenvalue weighted by Gasteiger charge is 2.12. The fourth-order valence-electron chi connectivity index (χ4n) is 2.95. The third kappa shape index (κ3) is 4.72. The highest BCUT2D eigenvalue weighted by atomic mass is 32.2. The van der Waals surface area contributed by atoms with Crippen LogP contribution in [0.3, 0.4) is 0 Å². The van der Waals surface area contributed by atoms with Crippen molar-refractivity contribution in [2.75, 3.05) is 25.4 Å². The minimum absolute atomic E-state index is 0.110. The molecule has 0 saturated carbocycles. The number of nitrogens with zero attached hydrogens (tertiary/aromatic N) is 3. The number of likely N-dealkylation sites (tertiary alicyclic amines) is 1. The molecule has 1 aromatic heterocycles. The number of hydrogen-bond donors (Lipinski definition) is 1. The second-order valence-electron chi connectivity index (χ2n) is 5.95. The summed E-state index contributed by atoms with van der Waals surface area (Å²) >= 11 is 1.68. The van der Waals surface area contributed by atoms with E-state index in [2.05, 4.69) is 27.2 Å². The van der Waals surface area contributed by atoms with Crippen molar-refractivity contribution >= 4 is 11.8 Å². The molecule has 0 radical (unpaired) electrons. The lowest BCUT2D eigenvalue weighted by molar-refractivity contribution is 0.242. The highest BCUT2D eigenvalue weighted by Crippen LogP contribution is 2.16. The van der Waals surface area contributed by atoms with Gasteiger partial charge in [0, 0.05) is 18.8 Å². The van der Waals surface area contributed by atoms with Crippen molar-refractivity contribution in [3.05, 3.63) is 46.4 Å². The van der Waals surface area contributed by atoms with Crippen molar-refractivity contribution in [2.45, 2.75) is 37.4 Å². The first-order valence-corrected chi connectivity index (χ1v) is 9.36. The van der Waals surface area contributed by atoms with Gasteiger partial charge >= 0.3 is 5.69 Å². The molecular formula is C17H24N4OS. The molecule has 2 heterocycles. The number of H-pyrrole nitrogens is 1. The lowest BCUT2D eigenvalue weighted by Gasteiger charge is -2.25. The van der Waals surface area contributed by atoms with Crippen LogP contribution in [-0.4, -0.2) is 45.1 Å². The lowest BCUT2D eigenvalue weighted by atomic mass is 10.1. The van der Waals surface area contributed by atoms with Gasteiger partial charge in [-0.05, 0) is 37.9 Å². The van der Waals surface area contributed by atoms with Crippen molar-refractivity contribution in [3.8, 4) is 0 Å². The van der Waals surface area contributed by atoms with Gasteiger partial charge in [-0.3, -0.25) is 4.57 Å². The van der Waals surface area contributed by atoms with Gasteiger partial charge in [-0.2, -0.15) is 0 Å². The van der Waals surface area contributed by atoms with Crippen LogP contribution in [0.5, 0.6) is 0 Å². The summed E-state index contributed by atoms with van der Waals surface area (Å²) in [5.74, 6) is 0.982. The Balaban J connectivity index is 1.52. The van der Waals surface area contributed by atoms with E-state index < -0.39 is 0 Å². The molecule has 6 heteroatoms. The van der Waals surface area contributed by atoms with Crippen LogP contribution in [0, 0.1) is 0 Å². The Morgan fingerprint density at radius 3 is 2.65 bits per heavy atom. The molecule has 2 aromatic rings. The Kier molecular flexibility index (Phi) is 5.93. The molecule has 23 heavy (non-hydrogen) atoms. The van der Waals surface area contributed by atoms with Crippen LogP contribution in [-0.2, 0) is 13.0 Å². The predicted molar refractivity (Wildman–Crippen MR) is 94.0 cm³/mol. The molecule has 1 aromatic carbocycles. The maximum Gasteiger partial charge on any atom is 0.343 e. The molecule has 0 amide bonds. The Bertz CT molecular complexity index is 646. The zero-order chi connectivity index (χ0) is 15.9. The monoisotopic (exact) mass is 332 g/mol. The first kappa shape index (κ1) is 16.3. The van der Waals surface area contributed by atoms with Crippen LogP contribution in [0.1, 0.15) is 24.8 Å². The molecule has 0 unspecified atom stereocenters. The van der Waals surface area contributed by atoms with Crippen LogP contribution in [0.15, 0.2) is 40.3 Å². The van der Waals surface area contributed by atoms with E-state index in [0.717, 1.165) is 23.9 Å². The summed E-state index contributed by atoms with van der Waals surface area (Å²) in [6, 6.07) is 10.3. The second kappa shape index (κ2) is 8.36. The zero-order valence-electron chi connectivity index (χ0n) is 13.4. The minimum Gasteiger partial charge on any atom is -0.303 e. The van der Waals surface area contributed by atoms with E-state index in [0.29, 0.717) is 6.54 Å². The summed E-state index contributed by atoms with van der Waals surface area (Å²) in [6.07, 6.45) is 4.84. The van der Waals surface area contributed by atoms with E-state index in [1.165, 1.54) is 37.9 Å². The summed E-state index contributed by atoms with van der Waals surface area (Å²) in [4.78, 5) is 14.5. The Hall–Kier alpha value is -1.53. The van der Waals surface area contributed by atoms with Crippen molar-refractivity contribution in [1.29, 1.82) is 0 Å². The van der Waals surface area contributed by atoms with Crippen LogP contribution >= 0.6 is 11.8 Å². The number of rotatable bonds is 7. The maximum absolute atomic E-state index is 11.9. The Morgan fingerprint density at radius 1 is 1.09 bits per heavy atom. The third-order valence-corrected chi connectivity index (χ3v) is 5.23. The van der Waals surface area contributed by atoms with Crippen LogP contribution < -0.4 is 5.69 Å². The number of aromatic nitrogens is 3. The summed E-state index contributed by atoms with van der Waals surface area (Å²) in [5, 5.41) is 7.57. The van der Waals surface area contributed by atoms with Gasteiger partial charge < -0.3 is 4.90 Å². The van der Waals surface area contributed by atoms with Gasteiger partial charge in [-0.25, -0.2) is 9.89 Å². The number of hydrogen-bond acceptors (Lipinski definition) is 4. The fraction of sp³-hybridized carbons (Fsp3) is 0.529. The molecule has 3 rings (SSSR count). The maximum atomic E-state index is 11.9. The Labute approximate surface area is 141 Å². The van der Waals surface area contributed by atoms with Crippen LogP contribution in [0.2, 0.25) is 0 Å². The van der Waals surface area contributed by atoms with Crippen molar-refractivity contribution in [3.63, 3.8) is 0 Å². The molecule has 0 spiro atoms. The van der Waals surface area contributed by atoms with Crippen LogP contribution in [0.4, 0.5) is 0 Å². The summed E-state index contributed by atoms with van der Waals surface area (Å²) < 4.78 is 1.76. The van der Waals surface area contributed by atoms with Gasteiger partial charge in [-0.15, -0.1) is 5.10 Å². The number of piperidine rings is 1. The molecule has 0 bridgehead atoms. The molecule has 1 aliphatic heterocycles. The first-order chi connectivity index (χ1) is 11.3. The molecule has 1 aliphatic rings. The average Bonchev–Trinajstić information content (AvgIpc) is 2.95. The number of aryl methyl sites for hydroxylation is 1. The quantitative estimate of drug-likeness (QED) is 0.791. The predicted octanol–water partition coefficient (Wildman–Crippen LogP) is 2.39. The average molecular weight is 332 g/mol. The smallest absolute Gasteiger partial charge is 0.303 e. The van der Waals surface area contributed by atoms with Crippen molar-refractivity contribution in [1.82, 2.24) is 19.7 Å². The highest BCUT2D eigenvalue weighted by molar-refractivity contribution is 7.99. The SMILES string of the molecule is O=c1[nH]nc(SCCN2CCCCC2)n1CCc1ccccc1. The molecule has 5 nitrogen and oxygen atoms in total. The number of thioether (sulfide) groups is 1. The van der Waals surface area contributed by atoms with E-state index in [4.69, 9.17) is 0 Å². The standard InChI is InChI=1S/C17H24N4OS/c22-16-18-19-17(23-14-13-20-10-5-2-6-11-20)21(16)12-9-15-7-3-1-4-8-15/h1,3-4,7-8H,2,5-6,9-14H2,(H,18,22). The normalized spacial score (nSPS) is 15.8. The van der Waals surface area contributed by atoms with Crippen LogP contribution in [0.25, 0.3) is 0 Å². The van der Waals surface area contributed by atoms with E-state index in [1.54, 1.807) is 16.3 Å². The van der Waals surface area contributed by atoms with E-state index in [1.807, 2.05) is 18.2 Å². The van der Waals surface area contributed by atoms with Crippen molar-refractivity contribution < 1.29 is 0 Å². The molecule has 124 valence electrons. The zero-order valence-corrected chi connectivity index (χ0v) is 14.2. The minimum atomic E-state index is -0.110. The summed E-state index contributed by atoms with van der Waals surface area (Å²) in [7, 11) is 0. The molecule has 0 aliphatic carbocycles. The van der Waals surface area contributed by atoms with Gasteiger partial charge in [0.05, 0.1) is 0 Å². The molecule has 1 saturated heterocycles.